The van der Waals surface area contributed by atoms with Crippen LogP contribution >= 0.6 is 0 Å². The number of ketones is 1. The molecule has 21 heavy (non-hydrogen) atoms. The molecule has 0 saturated heterocycles. The summed E-state index contributed by atoms with van der Waals surface area (Å²) in [6, 6.07) is 0. The molecule has 0 bridgehead atoms. The highest BCUT2D eigenvalue weighted by atomic mass is 16.3. The van der Waals surface area contributed by atoms with Crippen molar-refractivity contribution in [3.63, 3.8) is 0 Å². The Bertz CT molecular complexity index is 566. The minimum Gasteiger partial charge on any atom is -0.390 e. The summed E-state index contributed by atoms with van der Waals surface area (Å²) >= 11 is 0. The van der Waals surface area contributed by atoms with Crippen LogP contribution in [-0.4, -0.2) is 16.5 Å². The summed E-state index contributed by atoms with van der Waals surface area (Å²) in [5, 5.41) is 10.6. The standard InChI is InChI=1S/C19H26O2/c1-18-8-7-15-14-6-4-13(20)9-12(14)3-5-16(15)17(18)10-19(2,21)11-18/h9,16-17,21H,3-8,10-11H2,1-2H3/t16-,17+,18-,19?/m1/s1. The van der Waals surface area contributed by atoms with Gasteiger partial charge in [-0.05, 0) is 86.3 Å². The van der Waals surface area contributed by atoms with Gasteiger partial charge >= 0.3 is 0 Å². The lowest BCUT2D eigenvalue weighted by molar-refractivity contribution is -0.114. The average molecular weight is 286 g/mol. The van der Waals surface area contributed by atoms with Gasteiger partial charge in [0.25, 0.3) is 0 Å². The van der Waals surface area contributed by atoms with E-state index in [4.69, 9.17) is 0 Å². The highest BCUT2D eigenvalue weighted by Crippen LogP contribution is 2.62. The van der Waals surface area contributed by atoms with E-state index in [1.807, 2.05) is 13.0 Å². The fraction of sp³-hybridized carbons (Fsp3) is 0.737. The van der Waals surface area contributed by atoms with E-state index >= 15 is 0 Å². The Morgan fingerprint density at radius 3 is 2.81 bits per heavy atom. The van der Waals surface area contributed by atoms with E-state index in [0.717, 1.165) is 25.7 Å². The lowest BCUT2D eigenvalue weighted by atomic mass is 9.58. The second kappa shape index (κ2) is 4.32. The largest absolute Gasteiger partial charge is 0.390 e. The van der Waals surface area contributed by atoms with Crippen molar-refractivity contribution in [3.8, 4) is 0 Å². The number of carbonyl (C=O) groups excluding carboxylic acids is 1. The topological polar surface area (TPSA) is 37.3 Å². The lowest BCUT2D eigenvalue weighted by Gasteiger charge is -2.47. The van der Waals surface area contributed by atoms with Crippen molar-refractivity contribution in [1.29, 1.82) is 0 Å². The van der Waals surface area contributed by atoms with E-state index in [1.54, 1.807) is 5.57 Å². The van der Waals surface area contributed by atoms with Gasteiger partial charge in [0.1, 0.15) is 0 Å². The molecule has 0 heterocycles. The van der Waals surface area contributed by atoms with Gasteiger partial charge in [0.05, 0.1) is 5.60 Å². The van der Waals surface area contributed by atoms with Crippen molar-refractivity contribution in [2.75, 3.05) is 0 Å². The first kappa shape index (κ1) is 13.8. The van der Waals surface area contributed by atoms with Crippen molar-refractivity contribution in [2.45, 2.75) is 70.8 Å². The van der Waals surface area contributed by atoms with E-state index in [-0.39, 0.29) is 0 Å². The number of hydrogen-bond acceptors (Lipinski definition) is 2. The van der Waals surface area contributed by atoms with Gasteiger partial charge in [-0.25, -0.2) is 0 Å². The second-order valence-electron chi connectivity index (χ2n) is 8.42. The summed E-state index contributed by atoms with van der Waals surface area (Å²) in [4.78, 5) is 11.7. The summed E-state index contributed by atoms with van der Waals surface area (Å²) in [6.07, 6.45) is 10.2. The van der Waals surface area contributed by atoms with Gasteiger partial charge in [0.2, 0.25) is 0 Å². The van der Waals surface area contributed by atoms with Crippen LogP contribution in [0.5, 0.6) is 0 Å². The van der Waals surface area contributed by atoms with Crippen LogP contribution in [0.4, 0.5) is 0 Å². The Morgan fingerprint density at radius 2 is 2.00 bits per heavy atom. The molecule has 4 rings (SSSR count). The number of carbonyl (C=O) groups is 1. The van der Waals surface area contributed by atoms with E-state index in [2.05, 4.69) is 6.92 Å². The van der Waals surface area contributed by atoms with Crippen LogP contribution in [0.2, 0.25) is 0 Å². The van der Waals surface area contributed by atoms with Crippen LogP contribution in [0.3, 0.4) is 0 Å². The van der Waals surface area contributed by atoms with Crippen molar-refractivity contribution >= 4 is 5.78 Å². The van der Waals surface area contributed by atoms with Crippen molar-refractivity contribution in [3.05, 3.63) is 22.8 Å². The Kier molecular flexibility index (Phi) is 2.83. The molecule has 0 amide bonds. The third kappa shape index (κ3) is 2.06. The zero-order valence-electron chi connectivity index (χ0n) is 13.2. The van der Waals surface area contributed by atoms with Gasteiger partial charge < -0.3 is 5.11 Å². The fourth-order valence-corrected chi connectivity index (χ4v) is 5.96. The highest BCUT2D eigenvalue weighted by molar-refractivity contribution is 5.93. The van der Waals surface area contributed by atoms with Gasteiger partial charge in [0, 0.05) is 6.42 Å². The van der Waals surface area contributed by atoms with Crippen molar-refractivity contribution in [2.24, 2.45) is 17.3 Å². The van der Waals surface area contributed by atoms with Crippen LogP contribution in [0.15, 0.2) is 22.8 Å². The molecule has 0 aromatic carbocycles. The zero-order valence-corrected chi connectivity index (χ0v) is 13.2. The Hall–Kier alpha value is -0.890. The summed E-state index contributed by atoms with van der Waals surface area (Å²) in [5.41, 5.74) is 4.37. The molecule has 2 nitrogen and oxygen atoms in total. The van der Waals surface area contributed by atoms with Gasteiger partial charge in [-0.2, -0.15) is 0 Å². The number of fused-ring (bicyclic) bond motifs is 4. The van der Waals surface area contributed by atoms with Crippen LogP contribution in [0.25, 0.3) is 0 Å². The van der Waals surface area contributed by atoms with Gasteiger partial charge in [-0.15, -0.1) is 0 Å². The smallest absolute Gasteiger partial charge is 0.156 e. The van der Waals surface area contributed by atoms with Crippen molar-refractivity contribution in [1.82, 2.24) is 0 Å². The molecular formula is C19H26O2. The Balaban J connectivity index is 1.74. The third-order valence-electron chi connectivity index (χ3n) is 6.69. The maximum Gasteiger partial charge on any atom is 0.156 e. The number of rotatable bonds is 0. The molecule has 2 saturated carbocycles. The molecule has 0 spiro atoms. The van der Waals surface area contributed by atoms with E-state index in [1.165, 1.54) is 30.4 Å². The van der Waals surface area contributed by atoms with E-state index in [9.17, 15) is 9.90 Å². The normalized spacial score (nSPS) is 45.9. The first-order chi connectivity index (χ1) is 9.88. The molecule has 2 heteroatoms. The summed E-state index contributed by atoms with van der Waals surface area (Å²) in [5.74, 6) is 1.62. The van der Waals surface area contributed by atoms with Crippen LogP contribution in [-0.2, 0) is 4.79 Å². The Morgan fingerprint density at radius 1 is 1.19 bits per heavy atom. The zero-order chi connectivity index (χ0) is 14.8. The Labute approximate surface area is 127 Å². The van der Waals surface area contributed by atoms with Crippen LogP contribution in [0, 0.1) is 17.3 Å². The third-order valence-corrected chi connectivity index (χ3v) is 6.69. The predicted molar refractivity (Wildman–Crippen MR) is 82.8 cm³/mol. The molecule has 4 atom stereocenters. The molecule has 4 aliphatic carbocycles. The maximum absolute atomic E-state index is 11.7. The van der Waals surface area contributed by atoms with Gasteiger partial charge in [-0.3, -0.25) is 4.79 Å². The molecular weight excluding hydrogens is 260 g/mol. The SMILES string of the molecule is CC1(O)C[C@H]2[C@@H]3CCC4=CC(=O)CCC4=C3CC[C@]2(C)C1. The molecule has 0 aromatic rings. The fourth-order valence-electron chi connectivity index (χ4n) is 5.96. The average Bonchev–Trinajstić information content (AvgIpc) is 2.66. The molecule has 1 unspecified atom stereocenters. The molecule has 0 aliphatic heterocycles. The molecule has 2 fully saturated rings. The summed E-state index contributed by atoms with van der Waals surface area (Å²) < 4.78 is 0. The van der Waals surface area contributed by atoms with Crippen LogP contribution in [0.1, 0.15) is 65.2 Å². The van der Waals surface area contributed by atoms with E-state index in [0.29, 0.717) is 29.5 Å². The van der Waals surface area contributed by atoms with Gasteiger partial charge in [-0.1, -0.05) is 12.5 Å². The van der Waals surface area contributed by atoms with Crippen LogP contribution < -0.4 is 0 Å². The highest BCUT2D eigenvalue weighted by Gasteiger charge is 2.55. The molecule has 0 aromatic heterocycles. The lowest BCUT2D eigenvalue weighted by Crippen LogP contribution is -2.36. The molecule has 0 radical (unpaired) electrons. The number of allylic oxidation sites excluding steroid dienone is 4. The number of aliphatic hydroxyl groups is 1. The second-order valence-corrected chi connectivity index (χ2v) is 8.42. The number of hydrogen-bond donors (Lipinski definition) is 1. The minimum atomic E-state index is -0.474. The first-order valence-electron chi connectivity index (χ1n) is 8.56. The monoisotopic (exact) mass is 286 g/mol. The summed E-state index contributed by atoms with van der Waals surface area (Å²) in [7, 11) is 0. The van der Waals surface area contributed by atoms with Gasteiger partial charge in [0.15, 0.2) is 5.78 Å². The minimum absolute atomic E-state index is 0.317. The summed E-state index contributed by atoms with van der Waals surface area (Å²) in [6.45, 7) is 4.42. The maximum atomic E-state index is 11.7. The molecule has 1 N–H and O–H groups in total. The van der Waals surface area contributed by atoms with E-state index < -0.39 is 5.60 Å². The van der Waals surface area contributed by atoms with Crippen molar-refractivity contribution < 1.29 is 9.90 Å². The first-order valence-corrected chi connectivity index (χ1v) is 8.56. The molecule has 114 valence electrons. The quantitative estimate of drug-likeness (QED) is 0.732. The predicted octanol–water partition coefficient (Wildman–Crippen LogP) is 3.94. The molecule has 4 aliphatic rings.